The minimum atomic E-state index is -3.67. The summed E-state index contributed by atoms with van der Waals surface area (Å²) in [4.78, 5) is 17.5. The summed E-state index contributed by atoms with van der Waals surface area (Å²) in [5.41, 5.74) is 2.07. The van der Waals surface area contributed by atoms with E-state index in [9.17, 15) is 13.2 Å². The molecule has 0 aliphatic rings. The molecule has 0 fully saturated rings. The SMILES string of the molecule is COCCNC(=O)c1ccc(Sc2ccc(NS(=O)(=O)c3ccc(CC(C)C)cc3)cc2)nc1. The van der Waals surface area contributed by atoms with E-state index in [2.05, 4.69) is 28.9 Å². The van der Waals surface area contributed by atoms with Crippen LogP contribution >= 0.6 is 11.8 Å². The van der Waals surface area contributed by atoms with Crippen molar-refractivity contribution in [3.05, 3.63) is 78.0 Å². The van der Waals surface area contributed by atoms with Gasteiger partial charge < -0.3 is 10.1 Å². The number of hydrogen-bond acceptors (Lipinski definition) is 6. The van der Waals surface area contributed by atoms with Gasteiger partial charge in [-0.15, -0.1) is 0 Å². The van der Waals surface area contributed by atoms with Gasteiger partial charge >= 0.3 is 0 Å². The number of ether oxygens (including phenoxy) is 1. The van der Waals surface area contributed by atoms with Crippen molar-refractivity contribution in [1.29, 1.82) is 0 Å². The number of hydrogen-bond donors (Lipinski definition) is 2. The molecule has 0 spiro atoms. The minimum absolute atomic E-state index is 0.202. The molecular weight excluding hydrogens is 470 g/mol. The molecule has 1 aromatic heterocycles. The first-order valence-electron chi connectivity index (χ1n) is 10.9. The van der Waals surface area contributed by atoms with Gasteiger partial charge in [0.05, 0.1) is 17.1 Å². The Morgan fingerprint density at radius 2 is 1.74 bits per heavy atom. The second kappa shape index (κ2) is 12.0. The maximum Gasteiger partial charge on any atom is 0.261 e. The van der Waals surface area contributed by atoms with Gasteiger partial charge in [-0.1, -0.05) is 37.7 Å². The van der Waals surface area contributed by atoms with Gasteiger partial charge in [-0.2, -0.15) is 0 Å². The third-order valence-electron chi connectivity index (χ3n) is 4.80. The minimum Gasteiger partial charge on any atom is -0.383 e. The van der Waals surface area contributed by atoms with Crippen molar-refractivity contribution in [3.8, 4) is 0 Å². The number of benzene rings is 2. The Morgan fingerprint density at radius 3 is 2.32 bits per heavy atom. The number of rotatable bonds is 11. The van der Waals surface area contributed by atoms with Crippen molar-refractivity contribution in [2.45, 2.75) is 35.1 Å². The Bertz CT molecular complexity index is 1180. The Balaban J connectivity index is 1.59. The van der Waals surface area contributed by atoms with Crippen LogP contribution in [0.4, 0.5) is 5.69 Å². The van der Waals surface area contributed by atoms with Crippen LogP contribution in [0.5, 0.6) is 0 Å². The molecule has 0 aliphatic heterocycles. The molecule has 0 aliphatic carbocycles. The maximum atomic E-state index is 12.7. The van der Waals surface area contributed by atoms with Crippen molar-refractivity contribution in [1.82, 2.24) is 10.3 Å². The zero-order valence-electron chi connectivity index (χ0n) is 19.4. The van der Waals surface area contributed by atoms with Crippen LogP contribution in [0.1, 0.15) is 29.8 Å². The fraction of sp³-hybridized carbons (Fsp3) is 0.280. The van der Waals surface area contributed by atoms with E-state index in [1.807, 2.05) is 24.3 Å². The number of aromatic nitrogens is 1. The molecule has 0 radical (unpaired) electrons. The summed E-state index contributed by atoms with van der Waals surface area (Å²) in [6.45, 7) is 5.14. The van der Waals surface area contributed by atoms with E-state index < -0.39 is 10.0 Å². The monoisotopic (exact) mass is 499 g/mol. The number of pyridine rings is 1. The highest BCUT2D eigenvalue weighted by Gasteiger charge is 2.14. The fourth-order valence-corrected chi connectivity index (χ4v) is 4.96. The number of anilines is 1. The Morgan fingerprint density at radius 1 is 1.03 bits per heavy atom. The number of nitrogens with one attached hydrogen (secondary N) is 2. The zero-order valence-corrected chi connectivity index (χ0v) is 21.1. The summed E-state index contributed by atoms with van der Waals surface area (Å²) < 4.78 is 33.0. The summed E-state index contributed by atoms with van der Waals surface area (Å²) in [5, 5.41) is 3.47. The summed E-state index contributed by atoms with van der Waals surface area (Å²) in [6, 6.07) is 17.5. The van der Waals surface area contributed by atoms with E-state index in [4.69, 9.17) is 4.74 Å². The lowest BCUT2D eigenvalue weighted by molar-refractivity contribution is 0.0936. The van der Waals surface area contributed by atoms with Crippen molar-refractivity contribution in [2.24, 2.45) is 5.92 Å². The standard InChI is InChI=1S/C25H29N3O4S2/c1-18(2)16-19-4-11-23(12-5-19)34(30,31)28-21-7-9-22(10-8-21)33-24-13-6-20(17-27-24)25(29)26-14-15-32-3/h4-13,17-18,28H,14-16H2,1-3H3,(H,26,29). The van der Waals surface area contributed by atoms with Crippen LogP contribution in [0, 0.1) is 5.92 Å². The van der Waals surface area contributed by atoms with Gasteiger partial charge in [-0.05, 0) is 66.4 Å². The van der Waals surface area contributed by atoms with Crippen molar-refractivity contribution < 1.29 is 17.9 Å². The van der Waals surface area contributed by atoms with Crippen LogP contribution in [0.25, 0.3) is 0 Å². The first-order chi connectivity index (χ1) is 16.3. The summed E-state index contributed by atoms with van der Waals surface area (Å²) in [5.74, 6) is 0.308. The van der Waals surface area contributed by atoms with Crippen molar-refractivity contribution >= 4 is 33.4 Å². The lowest BCUT2D eigenvalue weighted by Crippen LogP contribution is -2.26. The number of sulfonamides is 1. The molecule has 0 saturated heterocycles. The quantitative estimate of drug-likeness (QED) is 0.374. The third kappa shape index (κ3) is 7.58. The van der Waals surface area contributed by atoms with Crippen LogP contribution in [-0.2, 0) is 21.2 Å². The van der Waals surface area contributed by atoms with Gasteiger partial charge in [0.2, 0.25) is 0 Å². The Hall–Kier alpha value is -2.88. The highest BCUT2D eigenvalue weighted by molar-refractivity contribution is 7.99. The predicted octanol–water partition coefficient (Wildman–Crippen LogP) is 4.61. The molecule has 0 bridgehead atoms. The van der Waals surface area contributed by atoms with Crippen LogP contribution in [0.2, 0.25) is 0 Å². The van der Waals surface area contributed by atoms with Crippen LogP contribution in [0.3, 0.4) is 0 Å². The first-order valence-corrected chi connectivity index (χ1v) is 13.2. The smallest absolute Gasteiger partial charge is 0.261 e. The highest BCUT2D eigenvalue weighted by Crippen LogP contribution is 2.28. The molecule has 7 nitrogen and oxygen atoms in total. The molecular formula is C25H29N3O4S2. The molecule has 3 rings (SSSR count). The normalized spacial score (nSPS) is 11.4. The number of nitrogens with zero attached hydrogens (tertiary/aromatic N) is 1. The van der Waals surface area contributed by atoms with Gasteiger partial charge in [0, 0.05) is 30.4 Å². The van der Waals surface area contributed by atoms with Gasteiger partial charge in [-0.3, -0.25) is 9.52 Å². The number of amides is 1. The average Bonchev–Trinajstić information content (AvgIpc) is 2.81. The van der Waals surface area contributed by atoms with Gasteiger partial charge in [0.15, 0.2) is 0 Å². The van der Waals surface area contributed by atoms with E-state index in [-0.39, 0.29) is 10.8 Å². The molecule has 34 heavy (non-hydrogen) atoms. The van der Waals surface area contributed by atoms with Crippen LogP contribution in [-0.4, -0.2) is 39.6 Å². The summed E-state index contributed by atoms with van der Waals surface area (Å²) in [7, 11) is -2.09. The summed E-state index contributed by atoms with van der Waals surface area (Å²) in [6.07, 6.45) is 2.44. The molecule has 0 atom stereocenters. The number of methoxy groups -OCH3 is 1. The average molecular weight is 500 g/mol. The van der Waals surface area contributed by atoms with Gasteiger partial charge in [0.25, 0.3) is 15.9 Å². The van der Waals surface area contributed by atoms with E-state index in [1.54, 1.807) is 43.5 Å². The predicted molar refractivity (Wildman–Crippen MR) is 135 cm³/mol. The Kier molecular flexibility index (Phi) is 9.09. The molecule has 1 amide bonds. The highest BCUT2D eigenvalue weighted by atomic mass is 32.2. The van der Waals surface area contributed by atoms with Crippen LogP contribution < -0.4 is 10.0 Å². The van der Waals surface area contributed by atoms with Gasteiger partial charge in [0.1, 0.15) is 5.03 Å². The number of carbonyl (C=O) groups is 1. The largest absolute Gasteiger partial charge is 0.383 e. The molecule has 3 aromatic rings. The van der Waals surface area contributed by atoms with Crippen LogP contribution in [0.15, 0.2) is 81.7 Å². The Labute approximate surface area is 205 Å². The van der Waals surface area contributed by atoms with E-state index in [0.717, 1.165) is 21.9 Å². The molecule has 180 valence electrons. The van der Waals surface area contributed by atoms with E-state index in [1.165, 1.54) is 18.0 Å². The molecule has 0 unspecified atom stereocenters. The fourth-order valence-electron chi connectivity index (χ4n) is 3.15. The topological polar surface area (TPSA) is 97.4 Å². The van der Waals surface area contributed by atoms with Crippen molar-refractivity contribution in [2.75, 3.05) is 25.0 Å². The number of carbonyl (C=O) groups excluding carboxylic acids is 1. The molecule has 2 aromatic carbocycles. The third-order valence-corrected chi connectivity index (χ3v) is 7.15. The van der Waals surface area contributed by atoms with E-state index >= 15 is 0 Å². The zero-order chi connectivity index (χ0) is 24.6. The second-order valence-corrected chi connectivity index (χ2v) is 10.9. The molecule has 1 heterocycles. The lowest BCUT2D eigenvalue weighted by atomic mass is 10.0. The molecule has 0 saturated carbocycles. The molecule has 9 heteroatoms. The van der Waals surface area contributed by atoms with Gasteiger partial charge in [-0.25, -0.2) is 13.4 Å². The first kappa shape index (κ1) is 25.7. The van der Waals surface area contributed by atoms with Crippen molar-refractivity contribution in [3.63, 3.8) is 0 Å². The van der Waals surface area contributed by atoms with E-state index in [0.29, 0.717) is 30.3 Å². The second-order valence-electron chi connectivity index (χ2n) is 8.11. The lowest BCUT2D eigenvalue weighted by Gasteiger charge is -2.10. The maximum absolute atomic E-state index is 12.7. The summed E-state index contributed by atoms with van der Waals surface area (Å²) >= 11 is 1.42. The molecule has 2 N–H and O–H groups in total.